The van der Waals surface area contributed by atoms with Gasteiger partial charge in [-0.1, -0.05) is 12.1 Å². The topological polar surface area (TPSA) is 94.5 Å². The van der Waals surface area contributed by atoms with Crippen LogP contribution in [0.3, 0.4) is 0 Å². The SMILES string of the molecule is O=C(Nc1ccncn1)N1c2nc(-c3cccc(C(F)(F)F)c3)ccc2N2C[C@@H](O)[C@H]1C2. The summed E-state index contributed by atoms with van der Waals surface area (Å²) >= 11 is 0. The van der Waals surface area contributed by atoms with Crippen molar-refractivity contribution in [3.63, 3.8) is 0 Å². The zero-order chi connectivity index (χ0) is 22.5. The van der Waals surface area contributed by atoms with Crippen LogP contribution in [0.2, 0.25) is 0 Å². The number of carbonyl (C=O) groups is 1. The van der Waals surface area contributed by atoms with Crippen LogP contribution < -0.4 is 15.1 Å². The average Bonchev–Trinajstić information content (AvgIpc) is 3.10. The van der Waals surface area contributed by atoms with Crippen molar-refractivity contribution in [2.75, 3.05) is 28.2 Å². The first-order valence-electron chi connectivity index (χ1n) is 9.79. The first kappa shape index (κ1) is 20.2. The number of alkyl halides is 3. The van der Waals surface area contributed by atoms with E-state index in [9.17, 15) is 23.1 Å². The summed E-state index contributed by atoms with van der Waals surface area (Å²) < 4.78 is 39.5. The van der Waals surface area contributed by atoms with Crippen LogP contribution in [0.5, 0.6) is 0 Å². The number of nitrogens with zero attached hydrogens (tertiary/aromatic N) is 5. The zero-order valence-electron chi connectivity index (χ0n) is 16.5. The number of fused-ring (bicyclic) bond motifs is 4. The van der Waals surface area contributed by atoms with Gasteiger partial charge < -0.3 is 10.0 Å². The number of aliphatic hydroxyl groups excluding tert-OH is 1. The molecule has 2 aromatic heterocycles. The summed E-state index contributed by atoms with van der Waals surface area (Å²) in [6.07, 6.45) is -2.53. The van der Waals surface area contributed by atoms with E-state index >= 15 is 0 Å². The highest BCUT2D eigenvalue weighted by molar-refractivity contribution is 6.04. The predicted molar refractivity (Wildman–Crippen MR) is 110 cm³/mol. The summed E-state index contributed by atoms with van der Waals surface area (Å²) in [5.41, 5.74) is 0.386. The number of hydrogen-bond acceptors (Lipinski definition) is 6. The summed E-state index contributed by atoms with van der Waals surface area (Å²) in [6, 6.07) is 8.58. The van der Waals surface area contributed by atoms with Crippen molar-refractivity contribution in [1.29, 1.82) is 0 Å². The van der Waals surface area contributed by atoms with Gasteiger partial charge >= 0.3 is 12.2 Å². The molecule has 0 unspecified atom stereocenters. The summed E-state index contributed by atoms with van der Waals surface area (Å²) in [5, 5.41) is 13.2. The van der Waals surface area contributed by atoms with Crippen molar-refractivity contribution in [1.82, 2.24) is 15.0 Å². The van der Waals surface area contributed by atoms with Crippen molar-refractivity contribution < 1.29 is 23.1 Å². The van der Waals surface area contributed by atoms with E-state index in [0.717, 1.165) is 12.1 Å². The number of pyridine rings is 1. The monoisotopic (exact) mass is 442 g/mol. The van der Waals surface area contributed by atoms with E-state index in [1.807, 2.05) is 4.90 Å². The smallest absolute Gasteiger partial charge is 0.389 e. The molecule has 5 rings (SSSR count). The van der Waals surface area contributed by atoms with Crippen molar-refractivity contribution in [3.05, 3.63) is 60.6 Å². The van der Waals surface area contributed by atoms with Gasteiger partial charge in [0.1, 0.15) is 12.1 Å². The van der Waals surface area contributed by atoms with Crippen molar-refractivity contribution in [2.45, 2.75) is 18.3 Å². The summed E-state index contributed by atoms with van der Waals surface area (Å²) in [7, 11) is 0. The minimum Gasteiger partial charge on any atom is -0.389 e. The molecule has 0 radical (unpaired) electrons. The first-order chi connectivity index (χ1) is 15.3. The van der Waals surface area contributed by atoms with Gasteiger partial charge in [0.05, 0.1) is 29.1 Å². The van der Waals surface area contributed by atoms with E-state index in [1.165, 1.54) is 35.6 Å². The maximum Gasteiger partial charge on any atom is 0.416 e. The van der Waals surface area contributed by atoms with Crippen LogP contribution in [0, 0.1) is 0 Å². The highest BCUT2D eigenvalue weighted by atomic mass is 19.4. The Morgan fingerprint density at radius 1 is 1.16 bits per heavy atom. The highest BCUT2D eigenvalue weighted by Crippen LogP contribution is 2.41. The third-order valence-electron chi connectivity index (χ3n) is 5.54. The number of nitrogens with one attached hydrogen (secondary N) is 1. The van der Waals surface area contributed by atoms with Crippen molar-refractivity contribution in [2.24, 2.45) is 0 Å². The Morgan fingerprint density at radius 3 is 2.75 bits per heavy atom. The van der Waals surface area contributed by atoms with E-state index in [2.05, 4.69) is 20.3 Å². The molecule has 1 fully saturated rings. The molecule has 0 saturated carbocycles. The fraction of sp³-hybridized carbons (Fsp3) is 0.238. The van der Waals surface area contributed by atoms with Crippen molar-refractivity contribution >= 4 is 23.4 Å². The number of anilines is 3. The molecule has 2 N–H and O–H groups in total. The molecule has 2 bridgehead atoms. The summed E-state index contributed by atoms with van der Waals surface area (Å²) in [4.78, 5) is 28.7. The fourth-order valence-electron chi connectivity index (χ4n) is 4.04. The Balaban J connectivity index is 1.56. The van der Waals surface area contributed by atoms with Crippen LogP contribution in [-0.2, 0) is 6.18 Å². The second-order valence-corrected chi connectivity index (χ2v) is 7.55. The molecular weight excluding hydrogens is 425 g/mol. The molecule has 11 heteroatoms. The van der Waals surface area contributed by atoms with Gasteiger partial charge in [-0.15, -0.1) is 0 Å². The normalized spacial score (nSPS) is 19.6. The molecule has 1 aromatic carbocycles. The summed E-state index contributed by atoms with van der Waals surface area (Å²) in [6.45, 7) is 0.732. The molecule has 4 heterocycles. The lowest BCUT2D eigenvalue weighted by atomic mass is 10.1. The quantitative estimate of drug-likeness (QED) is 0.633. The molecule has 2 atom stereocenters. The number of carbonyl (C=O) groups excluding carboxylic acids is 1. The van der Waals surface area contributed by atoms with E-state index in [-0.39, 0.29) is 22.9 Å². The van der Waals surface area contributed by atoms with Gasteiger partial charge in [0, 0.05) is 24.8 Å². The lowest BCUT2D eigenvalue weighted by Gasteiger charge is -2.36. The maximum atomic E-state index is 13.2. The second-order valence-electron chi connectivity index (χ2n) is 7.55. The zero-order valence-corrected chi connectivity index (χ0v) is 16.5. The molecule has 32 heavy (non-hydrogen) atoms. The number of aliphatic hydroxyl groups is 1. The molecule has 0 spiro atoms. The molecule has 1 saturated heterocycles. The van der Waals surface area contributed by atoms with E-state index in [0.29, 0.717) is 18.8 Å². The largest absolute Gasteiger partial charge is 0.416 e. The number of benzene rings is 1. The average molecular weight is 442 g/mol. The van der Waals surface area contributed by atoms with Crippen LogP contribution in [0.25, 0.3) is 11.3 Å². The first-order valence-corrected chi connectivity index (χ1v) is 9.79. The number of hydrogen-bond donors (Lipinski definition) is 2. The second kappa shape index (κ2) is 7.45. The minimum atomic E-state index is -4.48. The number of halogens is 3. The molecule has 0 aliphatic carbocycles. The predicted octanol–water partition coefficient (Wildman–Crippen LogP) is 3.16. The van der Waals surface area contributed by atoms with Crippen LogP contribution in [0.4, 0.5) is 35.3 Å². The Kier molecular flexibility index (Phi) is 4.70. The Morgan fingerprint density at radius 2 is 2.00 bits per heavy atom. The number of urea groups is 1. The molecule has 3 aromatic rings. The van der Waals surface area contributed by atoms with Gasteiger partial charge in [-0.05, 0) is 30.3 Å². The molecule has 2 aliphatic heterocycles. The van der Waals surface area contributed by atoms with Crippen LogP contribution in [0.1, 0.15) is 5.56 Å². The number of amides is 2. The van der Waals surface area contributed by atoms with Gasteiger partial charge in [0.2, 0.25) is 0 Å². The Labute approximate surface area is 180 Å². The van der Waals surface area contributed by atoms with Crippen LogP contribution in [0.15, 0.2) is 55.0 Å². The van der Waals surface area contributed by atoms with E-state index < -0.39 is 29.9 Å². The Hall–Kier alpha value is -3.73. The van der Waals surface area contributed by atoms with Gasteiger partial charge in [-0.25, -0.2) is 19.7 Å². The van der Waals surface area contributed by atoms with Gasteiger partial charge in [-0.3, -0.25) is 10.2 Å². The third kappa shape index (κ3) is 3.50. The third-order valence-corrected chi connectivity index (χ3v) is 5.54. The number of aromatic nitrogens is 3. The molecule has 2 aliphatic rings. The summed E-state index contributed by atoms with van der Waals surface area (Å²) in [5.74, 6) is 0.537. The van der Waals surface area contributed by atoms with E-state index in [1.54, 1.807) is 12.1 Å². The fourth-order valence-corrected chi connectivity index (χ4v) is 4.04. The van der Waals surface area contributed by atoms with Crippen molar-refractivity contribution in [3.8, 4) is 11.3 Å². The minimum absolute atomic E-state index is 0.263. The standard InChI is InChI=1S/C21H17F3N6O2/c22-21(23,24)13-3-1-2-12(8-13)14-4-5-15-19(27-14)30(16-9-29(15)10-17(16)31)20(32)28-18-6-7-25-11-26-18/h1-8,11,16-17,31H,9-10H2,(H,25,26,28,32)/t16-,17-/m1/s1. The molecule has 164 valence electrons. The van der Waals surface area contributed by atoms with Crippen LogP contribution >= 0.6 is 0 Å². The lowest BCUT2D eigenvalue weighted by molar-refractivity contribution is -0.137. The van der Waals surface area contributed by atoms with Gasteiger partial charge in [0.15, 0.2) is 5.82 Å². The maximum absolute atomic E-state index is 13.2. The highest BCUT2D eigenvalue weighted by Gasteiger charge is 2.45. The molecule has 8 nitrogen and oxygen atoms in total. The number of rotatable bonds is 2. The van der Waals surface area contributed by atoms with E-state index in [4.69, 9.17) is 0 Å². The van der Waals surface area contributed by atoms with Crippen LogP contribution in [-0.4, -0.2) is 51.3 Å². The molecule has 2 amide bonds. The molecular formula is C21H17F3N6O2. The van der Waals surface area contributed by atoms with Gasteiger partial charge in [-0.2, -0.15) is 13.2 Å². The Bertz CT molecular complexity index is 1170. The van der Waals surface area contributed by atoms with Gasteiger partial charge in [0.25, 0.3) is 0 Å². The lowest BCUT2D eigenvalue weighted by Crippen LogP contribution is -2.51.